The van der Waals surface area contributed by atoms with E-state index in [-0.39, 0.29) is 5.78 Å². The Morgan fingerprint density at radius 3 is 1.88 bits per heavy atom. The van der Waals surface area contributed by atoms with Gasteiger partial charge in [0.1, 0.15) is 5.75 Å². The number of rotatable bonds is 5. The van der Waals surface area contributed by atoms with Crippen LogP contribution in [0.15, 0.2) is 84.9 Å². The summed E-state index contributed by atoms with van der Waals surface area (Å²) >= 11 is 0. The van der Waals surface area contributed by atoms with Gasteiger partial charge in [-0.3, -0.25) is 4.79 Å². The number of benzene rings is 3. The van der Waals surface area contributed by atoms with Crippen molar-refractivity contribution in [2.45, 2.75) is 6.92 Å². The number of carbonyl (C=O) groups is 1. The number of methoxy groups -OCH3 is 1. The molecule has 124 valence electrons. The largest absolute Gasteiger partial charge is 0.497 e. The molecule has 0 fully saturated rings. The Morgan fingerprint density at radius 2 is 1.32 bits per heavy atom. The molecule has 0 amide bonds. The van der Waals surface area contributed by atoms with E-state index in [9.17, 15) is 4.79 Å². The van der Waals surface area contributed by atoms with E-state index in [0.29, 0.717) is 5.56 Å². The van der Waals surface area contributed by atoms with Crippen LogP contribution in [-0.2, 0) is 0 Å². The highest BCUT2D eigenvalue weighted by Gasteiger charge is 2.10. The molecular formula is C23H20O2. The van der Waals surface area contributed by atoms with E-state index in [1.54, 1.807) is 13.2 Å². The predicted octanol–water partition coefficient (Wildman–Crippen LogP) is 5.32. The number of aryl methyl sites for hydroxylation is 1. The normalized spacial score (nSPS) is 11.2. The molecule has 0 aliphatic carbocycles. The van der Waals surface area contributed by atoms with E-state index >= 15 is 0 Å². The van der Waals surface area contributed by atoms with Crippen molar-refractivity contribution < 1.29 is 9.53 Å². The lowest BCUT2D eigenvalue weighted by Gasteiger charge is -2.10. The molecule has 0 heterocycles. The fourth-order valence-corrected chi connectivity index (χ4v) is 2.65. The molecule has 0 N–H and O–H groups in total. The summed E-state index contributed by atoms with van der Waals surface area (Å²) in [7, 11) is 1.64. The molecular weight excluding hydrogens is 308 g/mol. The summed E-state index contributed by atoms with van der Waals surface area (Å²) in [5.74, 6) is 0.786. The lowest BCUT2D eigenvalue weighted by Crippen LogP contribution is -1.98. The summed E-state index contributed by atoms with van der Waals surface area (Å²) in [6.07, 6.45) is 1.71. The summed E-state index contributed by atoms with van der Waals surface area (Å²) in [6.45, 7) is 2.05. The van der Waals surface area contributed by atoms with Crippen LogP contribution in [0.25, 0.3) is 5.57 Å². The zero-order valence-electron chi connectivity index (χ0n) is 14.4. The molecule has 0 atom stereocenters. The molecule has 0 radical (unpaired) electrons. The standard InChI is InChI=1S/C23H20O2/c1-17-8-10-18(11-9-17)22(19-12-14-21(25-2)15-13-19)16-23(24)20-6-4-3-5-7-20/h3-16H,1-2H3/b22-16+. The Hall–Kier alpha value is -3.13. The zero-order valence-corrected chi connectivity index (χ0v) is 14.4. The van der Waals surface area contributed by atoms with E-state index < -0.39 is 0 Å². The molecule has 0 aliphatic heterocycles. The zero-order chi connectivity index (χ0) is 17.6. The third-order valence-electron chi connectivity index (χ3n) is 4.10. The Kier molecular flexibility index (Phi) is 5.10. The summed E-state index contributed by atoms with van der Waals surface area (Å²) in [5, 5.41) is 0. The van der Waals surface area contributed by atoms with Gasteiger partial charge < -0.3 is 4.74 Å². The van der Waals surface area contributed by atoms with Crippen LogP contribution in [0.4, 0.5) is 0 Å². The van der Waals surface area contributed by atoms with Crippen LogP contribution >= 0.6 is 0 Å². The Balaban J connectivity index is 2.06. The van der Waals surface area contributed by atoms with Crippen molar-refractivity contribution in [1.29, 1.82) is 0 Å². The summed E-state index contributed by atoms with van der Waals surface area (Å²) in [6, 6.07) is 25.3. The van der Waals surface area contributed by atoms with E-state index in [1.807, 2.05) is 66.7 Å². The number of ether oxygens (including phenoxy) is 1. The summed E-state index contributed by atoms with van der Waals surface area (Å²) in [5.41, 5.74) is 4.76. The first-order valence-electron chi connectivity index (χ1n) is 8.20. The first-order valence-corrected chi connectivity index (χ1v) is 8.20. The molecule has 2 nitrogen and oxygen atoms in total. The minimum atomic E-state index is -0.00741. The lowest BCUT2D eigenvalue weighted by atomic mass is 9.94. The van der Waals surface area contributed by atoms with Crippen LogP contribution in [0.1, 0.15) is 27.0 Å². The average molecular weight is 328 g/mol. The minimum Gasteiger partial charge on any atom is -0.497 e. The second-order valence-electron chi connectivity index (χ2n) is 5.88. The minimum absolute atomic E-state index is 0.00741. The summed E-state index contributed by atoms with van der Waals surface area (Å²) < 4.78 is 5.23. The van der Waals surface area contributed by atoms with Crippen LogP contribution < -0.4 is 4.74 Å². The first kappa shape index (κ1) is 16.7. The van der Waals surface area contributed by atoms with Crippen molar-refractivity contribution in [3.8, 4) is 5.75 Å². The Bertz CT molecular complexity index is 874. The maximum absolute atomic E-state index is 12.7. The SMILES string of the molecule is COc1ccc(/C(=C/C(=O)c2ccccc2)c2ccc(C)cc2)cc1. The first-order chi connectivity index (χ1) is 12.2. The highest BCUT2D eigenvalue weighted by Crippen LogP contribution is 2.26. The number of carbonyl (C=O) groups excluding carboxylic acids is 1. The van der Waals surface area contributed by atoms with Gasteiger partial charge in [0, 0.05) is 5.56 Å². The molecule has 0 aliphatic rings. The van der Waals surface area contributed by atoms with Gasteiger partial charge in [-0.1, -0.05) is 72.3 Å². The number of hydrogen-bond donors (Lipinski definition) is 0. The smallest absolute Gasteiger partial charge is 0.186 e. The van der Waals surface area contributed by atoms with Gasteiger partial charge in [-0.15, -0.1) is 0 Å². The van der Waals surface area contributed by atoms with Gasteiger partial charge >= 0.3 is 0 Å². The molecule has 3 aromatic rings. The monoisotopic (exact) mass is 328 g/mol. The predicted molar refractivity (Wildman–Crippen MR) is 102 cm³/mol. The van der Waals surface area contributed by atoms with Crippen molar-refractivity contribution in [3.05, 3.63) is 107 Å². The molecule has 0 bridgehead atoms. The van der Waals surface area contributed by atoms with Crippen molar-refractivity contribution in [3.63, 3.8) is 0 Å². The van der Waals surface area contributed by atoms with Gasteiger partial charge in [-0.05, 0) is 41.8 Å². The fraction of sp³-hybridized carbons (Fsp3) is 0.0870. The number of hydrogen-bond acceptors (Lipinski definition) is 2. The number of allylic oxidation sites excluding steroid dienone is 1. The summed E-state index contributed by atoms with van der Waals surface area (Å²) in [4.78, 5) is 12.7. The molecule has 0 aromatic heterocycles. The third kappa shape index (κ3) is 4.04. The van der Waals surface area contributed by atoms with Crippen molar-refractivity contribution in [2.24, 2.45) is 0 Å². The van der Waals surface area contributed by atoms with Crippen LogP contribution in [0, 0.1) is 6.92 Å². The molecule has 0 unspecified atom stereocenters. The highest BCUT2D eigenvalue weighted by atomic mass is 16.5. The molecule has 0 spiro atoms. The van der Waals surface area contributed by atoms with Crippen molar-refractivity contribution in [1.82, 2.24) is 0 Å². The fourth-order valence-electron chi connectivity index (χ4n) is 2.65. The van der Waals surface area contributed by atoms with E-state index in [0.717, 1.165) is 22.4 Å². The third-order valence-corrected chi connectivity index (χ3v) is 4.10. The maximum atomic E-state index is 12.7. The van der Waals surface area contributed by atoms with Gasteiger partial charge in [0.15, 0.2) is 5.78 Å². The second kappa shape index (κ2) is 7.63. The van der Waals surface area contributed by atoms with Gasteiger partial charge in [0.2, 0.25) is 0 Å². The second-order valence-corrected chi connectivity index (χ2v) is 5.88. The van der Waals surface area contributed by atoms with Gasteiger partial charge in [0.25, 0.3) is 0 Å². The van der Waals surface area contributed by atoms with Crippen LogP contribution in [0.2, 0.25) is 0 Å². The van der Waals surface area contributed by atoms with Crippen LogP contribution in [0.5, 0.6) is 5.75 Å². The van der Waals surface area contributed by atoms with Gasteiger partial charge in [-0.2, -0.15) is 0 Å². The topological polar surface area (TPSA) is 26.3 Å². The molecule has 3 aromatic carbocycles. The maximum Gasteiger partial charge on any atom is 0.186 e. The lowest BCUT2D eigenvalue weighted by molar-refractivity contribution is 0.104. The van der Waals surface area contributed by atoms with Gasteiger partial charge in [0.05, 0.1) is 7.11 Å². The average Bonchev–Trinajstić information content (AvgIpc) is 2.67. The van der Waals surface area contributed by atoms with Crippen LogP contribution in [-0.4, -0.2) is 12.9 Å². The van der Waals surface area contributed by atoms with E-state index in [4.69, 9.17) is 4.74 Å². The Labute approximate surface area is 148 Å². The Morgan fingerprint density at radius 1 is 0.760 bits per heavy atom. The van der Waals surface area contributed by atoms with Crippen LogP contribution in [0.3, 0.4) is 0 Å². The van der Waals surface area contributed by atoms with E-state index in [2.05, 4.69) is 19.1 Å². The van der Waals surface area contributed by atoms with Gasteiger partial charge in [-0.25, -0.2) is 0 Å². The molecule has 0 saturated heterocycles. The van der Waals surface area contributed by atoms with Crippen molar-refractivity contribution in [2.75, 3.05) is 7.11 Å². The number of ketones is 1. The molecule has 2 heteroatoms. The molecule has 3 rings (SSSR count). The quantitative estimate of drug-likeness (QED) is 0.468. The highest BCUT2D eigenvalue weighted by molar-refractivity contribution is 6.10. The van der Waals surface area contributed by atoms with Crippen molar-refractivity contribution >= 4 is 11.4 Å². The molecule has 25 heavy (non-hydrogen) atoms. The van der Waals surface area contributed by atoms with E-state index in [1.165, 1.54) is 5.56 Å². The molecule has 0 saturated carbocycles.